The number of hydrogen-bond acceptors (Lipinski definition) is 4. The van der Waals surface area contributed by atoms with Crippen LogP contribution in [0.3, 0.4) is 0 Å². The lowest BCUT2D eigenvalue weighted by Crippen LogP contribution is -2.51. The number of esters is 2. The molecule has 3 aliphatic carbocycles. The molecule has 0 spiro atoms. The topological polar surface area (TPSA) is 52.6 Å². The first kappa shape index (κ1) is 21.4. The number of fused-ring (bicyclic) bond motifs is 1. The van der Waals surface area contributed by atoms with Crippen LogP contribution in [0.5, 0.6) is 0 Å². The summed E-state index contributed by atoms with van der Waals surface area (Å²) < 4.78 is 11.1. The predicted molar refractivity (Wildman–Crippen MR) is 109 cm³/mol. The fraction of sp³-hybridized carbons (Fsp3) is 0.833. The van der Waals surface area contributed by atoms with E-state index in [0.29, 0.717) is 30.3 Å². The first-order chi connectivity index (χ1) is 13.1. The normalized spacial score (nSPS) is 43.3. The van der Waals surface area contributed by atoms with E-state index in [4.69, 9.17) is 9.47 Å². The summed E-state index contributed by atoms with van der Waals surface area (Å²) in [7, 11) is 0. The van der Waals surface area contributed by atoms with E-state index in [1.165, 1.54) is 25.8 Å². The first-order valence-electron chi connectivity index (χ1n) is 11.1. The van der Waals surface area contributed by atoms with Gasteiger partial charge in [0.25, 0.3) is 0 Å². The molecule has 0 saturated heterocycles. The highest BCUT2D eigenvalue weighted by Crippen LogP contribution is 2.63. The Morgan fingerprint density at radius 3 is 2.39 bits per heavy atom. The van der Waals surface area contributed by atoms with Crippen LogP contribution < -0.4 is 0 Å². The molecule has 3 fully saturated rings. The number of ether oxygens (including phenoxy) is 2. The summed E-state index contributed by atoms with van der Waals surface area (Å²) in [6, 6.07) is 0. The Morgan fingerprint density at radius 2 is 1.79 bits per heavy atom. The summed E-state index contributed by atoms with van der Waals surface area (Å²) >= 11 is 0. The molecule has 2 unspecified atom stereocenters. The van der Waals surface area contributed by atoms with Crippen molar-refractivity contribution >= 4 is 11.9 Å². The molecule has 3 aliphatic rings. The van der Waals surface area contributed by atoms with Gasteiger partial charge in [0.1, 0.15) is 6.10 Å². The SMILES string of the molecule is C=C1CCC2[C@H](COC(C)=O)C([C@@]3(C)CC[C@H](OC(C)=O)C[C@@H]3C)CC[C@]12C. The minimum absolute atomic E-state index is 0.0487. The lowest BCUT2D eigenvalue weighted by atomic mass is 9.49. The number of carbonyl (C=O) groups is 2. The highest BCUT2D eigenvalue weighted by Gasteiger charge is 2.56. The van der Waals surface area contributed by atoms with Gasteiger partial charge < -0.3 is 9.47 Å². The Balaban J connectivity index is 1.83. The van der Waals surface area contributed by atoms with Gasteiger partial charge in [-0.25, -0.2) is 0 Å². The molecular weight excluding hydrogens is 352 g/mol. The molecule has 0 aromatic carbocycles. The summed E-state index contributed by atoms with van der Waals surface area (Å²) in [5, 5.41) is 0. The van der Waals surface area contributed by atoms with Crippen molar-refractivity contribution in [3.05, 3.63) is 12.2 Å². The zero-order chi connectivity index (χ0) is 20.7. The molecule has 0 heterocycles. The molecule has 0 aliphatic heterocycles. The molecule has 0 aromatic heterocycles. The Labute approximate surface area is 170 Å². The molecule has 0 N–H and O–H groups in total. The molecule has 0 radical (unpaired) electrons. The minimum atomic E-state index is -0.181. The molecule has 158 valence electrons. The third-order valence-electron chi connectivity index (χ3n) is 8.80. The molecule has 4 nitrogen and oxygen atoms in total. The van der Waals surface area contributed by atoms with Gasteiger partial charge in [0.2, 0.25) is 0 Å². The monoisotopic (exact) mass is 390 g/mol. The summed E-state index contributed by atoms with van der Waals surface area (Å²) in [4.78, 5) is 23.0. The van der Waals surface area contributed by atoms with E-state index in [1.54, 1.807) is 0 Å². The van der Waals surface area contributed by atoms with Gasteiger partial charge in [-0.05, 0) is 73.5 Å². The zero-order valence-electron chi connectivity index (χ0n) is 18.4. The Bertz CT molecular complexity index is 641. The van der Waals surface area contributed by atoms with Crippen LogP contribution in [-0.2, 0) is 19.1 Å². The predicted octanol–water partition coefficient (Wildman–Crippen LogP) is 5.31. The summed E-state index contributed by atoms with van der Waals surface area (Å²) in [6.45, 7) is 15.1. The maximum atomic E-state index is 11.6. The first-order valence-corrected chi connectivity index (χ1v) is 11.1. The molecule has 0 amide bonds. The van der Waals surface area contributed by atoms with Crippen LogP contribution in [0.15, 0.2) is 12.2 Å². The smallest absolute Gasteiger partial charge is 0.302 e. The molecule has 4 heteroatoms. The van der Waals surface area contributed by atoms with Crippen molar-refractivity contribution in [2.75, 3.05) is 6.61 Å². The molecule has 3 rings (SSSR count). The van der Waals surface area contributed by atoms with E-state index in [2.05, 4.69) is 27.4 Å². The highest BCUT2D eigenvalue weighted by molar-refractivity contribution is 5.66. The largest absolute Gasteiger partial charge is 0.466 e. The number of rotatable bonds is 4. The number of hydrogen-bond donors (Lipinski definition) is 0. The van der Waals surface area contributed by atoms with E-state index in [-0.39, 0.29) is 28.9 Å². The van der Waals surface area contributed by atoms with Crippen LogP contribution in [-0.4, -0.2) is 24.6 Å². The van der Waals surface area contributed by atoms with Crippen LogP contribution in [0.1, 0.15) is 79.6 Å². The third-order valence-corrected chi connectivity index (χ3v) is 8.80. The maximum absolute atomic E-state index is 11.6. The lowest BCUT2D eigenvalue weighted by Gasteiger charge is -2.56. The second-order valence-electron chi connectivity index (χ2n) is 10.2. The molecule has 3 saturated carbocycles. The Kier molecular flexibility index (Phi) is 5.99. The van der Waals surface area contributed by atoms with Gasteiger partial charge in [0, 0.05) is 19.8 Å². The summed E-state index contributed by atoms with van der Waals surface area (Å²) in [5.41, 5.74) is 1.77. The second-order valence-corrected chi connectivity index (χ2v) is 10.2. The van der Waals surface area contributed by atoms with Gasteiger partial charge in [0.15, 0.2) is 0 Å². The molecule has 0 aromatic rings. The molecular formula is C24H38O4. The Morgan fingerprint density at radius 1 is 1.07 bits per heavy atom. The minimum Gasteiger partial charge on any atom is -0.466 e. The zero-order valence-corrected chi connectivity index (χ0v) is 18.4. The third kappa shape index (κ3) is 3.76. The van der Waals surface area contributed by atoms with E-state index < -0.39 is 0 Å². The molecule has 7 atom stereocenters. The van der Waals surface area contributed by atoms with Crippen LogP contribution in [0, 0.1) is 34.5 Å². The van der Waals surface area contributed by atoms with E-state index >= 15 is 0 Å². The molecule has 0 bridgehead atoms. The van der Waals surface area contributed by atoms with Crippen molar-refractivity contribution in [3.63, 3.8) is 0 Å². The summed E-state index contributed by atoms with van der Waals surface area (Å²) in [6.07, 6.45) is 7.60. The van der Waals surface area contributed by atoms with Crippen LogP contribution in [0.25, 0.3) is 0 Å². The average Bonchev–Trinajstić information content (AvgIpc) is 2.91. The second kappa shape index (κ2) is 7.84. The van der Waals surface area contributed by atoms with Gasteiger partial charge >= 0.3 is 11.9 Å². The standard InChI is InChI=1S/C24H38O4/c1-15-7-8-21-20(14-27-17(3)25)22(10-12-23(15,21)5)24(6)11-9-19(13-16(24)2)28-18(4)26/h16,19-22H,1,7-14H2,2-6H3/t16-,19-,20-,21?,22?,23+,24-/m0/s1. The van der Waals surface area contributed by atoms with Crippen molar-refractivity contribution in [2.24, 2.45) is 34.5 Å². The van der Waals surface area contributed by atoms with Gasteiger partial charge in [0.05, 0.1) is 6.61 Å². The lowest BCUT2D eigenvalue weighted by molar-refractivity contribution is -0.156. The van der Waals surface area contributed by atoms with Gasteiger partial charge in [-0.2, -0.15) is 0 Å². The van der Waals surface area contributed by atoms with Crippen molar-refractivity contribution in [2.45, 2.75) is 85.7 Å². The van der Waals surface area contributed by atoms with Gasteiger partial charge in [-0.3, -0.25) is 9.59 Å². The van der Waals surface area contributed by atoms with Crippen LogP contribution in [0.2, 0.25) is 0 Å². The number of carbonyl (C=O) groups excluding carboxylic acids is 2. The van der Waals surface area contributed by atoms with Crippen molar-refractivity contribution < 1.29 is 19.1 Å². The highest BCUT2D eigenvalue weighted by atomic mass is 16.5. The van der Waals surface area contributed by atoms with E-state index in [1.807, 2.05) is 0 Å². The van der Waals surface area contributed by atoms with Crippen LogP contribution in [0.4, 0.5) is 0 Å². The van der Waals surface area contributed by atoms with Crippen molar-refractivity contribution in [1.29, 1.82) is 0 Å². The Hall–Kier alpha value is -1.32. The fourth-order valence-electron chi connectivity index (χ4n) is 6.85. The van der Waals surface area contributed by atoms with Crippen molar-refractivity contribution in [3.8, 4) is 0 Å². The summed E-state index contributed by atoms with van der Waals surface area (Å²) in [5.74, 6) is 1.59. The fourth-order valence-corrected chi connectivity index (χ4v) is 6.85. The number of allylic oxidation sites excluding steroid dienone is 1. The van der Waals surface area contributed by atoms with E-state index in [9.17, 15) is 9.59 Å². The average molecular weight is 391 g/mol. The van der Waals surface area contributed by atoms with Crippen LogP contribution >= 0.6 is 0 Å². The van der Waals surface area contributed by atoms with E-state index in [0.717, 1.165) is 38.5 Å². The molecule has 28 heavy (non-hydrogen) atoms. The quantitative estimate of drug-likeness (QED) is 0.482. The van der Waals surface area contributed by atoms with Crippen molar-refractivity contribution in [1.82, 2.24) is 0 Å². The van der Waals surface area contributed by atoms with Gasteiger partial charge in [-0.15, -0.1) is 0 Å². The maximum Gasteiger partial charge on any atom is 0.302 e. The van der Waals surface area contributed by atoms with Gasteiger partial charge in [-0.1, -0.05) is 32.9 Å².